The Hall–Kier alpha value is -1.78. The molecule has 1 aliphatic carbocycles. The number of benzene rings is 2. The quantitative estimate of drug-likeness (QED) is 0.670. The van der Waals surface area contributed by atoms with E-state index in [9.17, 15) is 8.78 Å². The second kappa shape index (κ2) is 8.07. The number of halogens is 2. The molecule has 27 heavy (non-hydrogen) atoms. The van der Waals surface area contributed by atoms with E-state index in [0.717, 1.165) is 24.9 Å². The van der Waals surface area contributed by atoms with Gasteiger partial charge in [0.2, 0.25) is 0 Å². The highest BCUT2D eigenvalue weighted by Crippen LogP contribution is 2.48. The minimum absolute atomic E-state index is 0.175. The Bertz CT molecular complexity index is 764. The maximum atomic E-state index is 13.6. The molecule has 2 aromatic carbocycles. The van der Waals surface area contributed by atoms with E-state index >= 15 is 0 Å². The molecule has 2 fully saturated rings. The number of ether oxygens (including phenoxy) is 1. The lowest BCUT2D eigenvalue weighted by atomic mass is 9.68. The van der Waals surface area contributed by atoms with E-state index in [1.54, 1.807) is 13.2 Å². The molecule has 0 radical (unpaired) electrons. The zero-order valence-corrected chi connectivity index (χ0v) is 15.8. The Kier molecular flexibility index (Phi) is 5.55. The molecule has 0 amide bonds. The molecule has 1 unspecified atom stereocenters. The van der Waals surface area contributed by atoms with E-state index in [1.807, 2.05) is 0 Å². The van der Waals surface area contributed by atoms with Crippen LogP contribution in [0.2, 0.25) is 0 Å². The van der Waals surface area contributed by atoms with E-state index < -0.39 is 11.6 Å². The Morgan fingerprint density at radius 2 is 1.70 bits per heavy atom. The molecule has 1 saturated carbocycles. The zero-order valence-electron chi connectivity index (χ0n) is 15.8. The average Bonchev–Trinajstić information content (AvgIpc) is 3.14. The summed E-state index contributed by atoms with van der Waals surface area (Å²) in [6.45, 7) is 3.48. The van der Waals surface area contributed by atoms with Crippen LogP contribution < -0.4 is 0 Å². The van der Waals surface area contributed by atoms with Gasteiger partial charge in [-0.05, 0) is 79.4 Å². The highest BCUT2D eigenvalue weighted by molar-refractivity contribution is 5.29. The maximum Gasteiger partial charge on any atom is 0.159 e. The fourth-order valence-electron chi connectivity index (χ4n) is 4.57. The van der Waals surface area contributed by atoms with E-state index in [0.29, 0.717) is 11.8 Å². The standard InChI is InChI=1S/C23H27F2NO/c1-27-23(18-8-9-21(24)22(25)14-18)20-12-19(13-20)17-6-4-16(5-7-17)15-26-10-2-3-11-26/h4-9,14,19-20,23H,2-3,10-13,15H2,1H3. The van der Waals surface area contributed by atoms with Crippen molar-refractivity contribution in [1.29, 1.82) is 0 Å². The first-order valence-corrected chi connectivity index (χ1v) is 9.93. The molecule has 0 aromatic heterocycles. The lowest BCUT2D eigenvalue weighted by molar-refractivity contribution is 0.00824. The third-order valence-electron chi connectivity index (χ3n) is 6.18. The van der Waals surface area contributed by atoms with Crippen LogP contribution in [-0.4, -0.2) is 25.1 Å². The molecular formula is C23H27F2NO. The fourth-order valence-corrected chi connectivity index (χ4v) is 4.57. The lowest BCUT2D eigenvalue weighted by Gasteiger charge is -2.40. The molecule has 1 aliphatic heterocycles. The Morgan fingerprint density at radius 3 is 2.33 bits per heavy atom. The molecule has 2 aliphatic rings. The second-order valence-corrected chi connectivity index (χ2v) is 7.98. The van der Waals surface area contributed by atoms with Gasteiger partial charge in [-0.25, -0.2) is 8.78 Å². The number of nitrogens with zero attached hydrogens (tertiary/aromatic N) is 1. The van der Waals surface area contributed by atoms with Gasteiger partial charge in [-0.15, -0.1) is 0 Å². The summed E-state index contributed by atoms with van der Waals surface area (Å²) in [4.78, 5) is 2.51. The van der Waals surface area contributed by atoms with Gasteiger partial charge >= 0.3 is 0 Å². The average molecular weight is 371 g/mol. The highest BCUT2D eigenvalue weighted by atomic mass is 19.2. The molecular weight excluding hydrogens is 344 g/mol. The summed E-state index contributed by atoms with van der Waals surface area (Å²) in [5.74, 6) is -0.749. The molecule has 0 spiro atoms. The van der Waals surface area contributed by atoms with Gasteiger partial charge in [0.1, 0.15) is 0 Å². The second-order valence-electron chi connectivity index (χ2n) is 7.98. The van der Waals surface area contributed by atoms with Crippen molar-refractivity contribution in [2.75, 3.05) is 20.2 Å². The van der Waals surface area contributed by atoms with Gasteiger partial charge in [-0.3, -0.25) is 4.90 Å². The first kappa shape index (κ1) is 18.6. The normalized spacial score (nSPS) is 24.0. The summed E-state index contributed by atoms with van der Waals surface area (Å²) in [6.07, 6.45) is 4.50. The summed E-state index contributed by atoms with van der Waals surface area (Å²) < 4.78 is 32.4. The molecule has 144 valence electrons. The van der Waals surface area contributed by atoms with Crippen molar-refractivity contribution in [2.24, 2.45) is 5.92 Å². The predicted molar refractivity (Wildman–Crippen MR) is 103 cm³/mol. The molecule has 4 heteroatoms. The van der Waals surface area contributed by atoms with Crippen molar-refractivity contribution in [3.05, 3.63) is 70.8 Å². The van der Waals surface area contributed by atoms with E-state index in [1.165, 1.54) is 49.2 Å². The van der Waals surface area contributed by atoms with Crippen molar-refractivity contribution in [3.8, 4) is 0 Å². The van der Waals surface area contributed by atoms with Crippen molar-refractivity contribution >= 4 is 0 Å². The summed E-state index contributed by atoms with van der Waals surface area (Å²) >= 11 is 0. The topological polar surface area (TPSA) is 12.5 Å². The Morgan fingerprint density at radius 1 is 1.00 bits per heavy atom. The van der Waals surface area contributed by atoms with Crippen LogP contribution in [0.15, 0.2) is 42.5 Å². The van der Waals surface area contributed by atoms with Crippen LogP contribution in [0.1, 0.15) is 54.4 Å². The lowest BCUT2D eigenvalue weighted by Crippen LogP contribution is -2.28. The fraction of sp³-hybridized carbons (Fsp3) is 0.478. The monoisotopic (exact) mass is 371 g/mol. The third kappa shape index (κ3) is 4.07. The van der Waals surface area contributed by atoms with Crippen molar-refractivity contribution in [3.63, 3.8) is 0 Å². The van der Waals surface area contributed by atoms with Crippen LogP contribution in [0.5, 0.6) is 0 Å². The highest BCUT2D eigenvalue weighted by Gasteiger charge is 2.37. The largest absolute Gasteiger partial charge is 0.376 e. The van der Waals surface area contributed by atoms with Gasteiger partial charge in [-0.2, -0.15) is 0 Å². The molecule has 1 saturated heterocycles. The van der Waals surface area contributed by atoms with Crippen LogP contribution in [0, 0.1) is 17.6 Å². The zero-order chi connectivity index (χ0) is 18.8. The summed E-state index contributed by atoms with van der Waals surface area (Å²) in [7, 11) is 1.65. The molecule has 4 rings (SSSR count). The SMILES string of the molecule is COC(c1ccc(F)c(F)c1)C1CC(c2ccc(CN3CCCC3)cc2)C1. The van der Waals surface area contributed by atoms with E-state index in [-0.39, 0.29) is 6.10 Å². The van der Waals surface area contributed by atoms with Crippen molar-refractivity contribution in [1.82, 2.24) is 4.90 Å². The predicted octanol–water partition coefficient (Wildman–Crippen LogP) is 5.44. The molecule has 1 atom stereocenters. The van der Waals surface area contributed by atoms with Crippen LogP contribution >= 0.6 is 0 Å². The van der Waals surface area contributed by atoms with Crippen molar-refractivity contribution < 1.29 is 13.5 Å². The maximum absolute atomic E-state index is 13.6. The van der Waals surface area contributed by atoms with Gasteiger partial charge < -0.3 is 4.74 Å². The number of methoxy groups -OCH3 is 1. The molecule has 1 heterocycles. The summed E-state index contributed by atoms with van der Waals surface area (Å²) in [5.41, 5.74) is 3.48. The number of hydrogen-bond acceptors (Lipinski definition) is 2. The van der Waals surface area contributed by atoms with Gasteiger partial charge in [0.05, 0.1) is 6.10 Å². The smallest absolute Gasteiger partial charge is 0.159 e. The van der Waals surface area contributed by atoms with Gasteiger partial charge in [0.25, 0.3) is 0 Å². The van der Waals surface area contributed by atoms with Gasteiger partial charge in [-0.1, -0.05) is 30.3 Å². The van der Waals surface area contributed by atoms with Crippen LogP contribution in [0.4, 0.5) is 8.78 Å². The Balaban J connectivity index is 1.35. The molecule has 2 aromatic rings. The number of rotatable bonds is 6. The van der Waals surface area contributed by atoms with Crippen LogP contribution in [0.25, 0.3) is 0 Å². The van der Waals surface area contributed by atoms with Crippen LogP contribution in [0.3, 0.4) is 0 Å². The van der Waals surface area contributed by atoms with Crippen molar-refractivity contribution in [2.45, 2.75) is 44.2 Å². The third-order valence-corrected chi connectivity index (χ3v) is 6.18. The van der Waals surface area contributed by atoms with E-state index in [4.69, 9.17) is 4.74 Å². The molecule has 0 bridgehead atoms. The van der Waals surface area contributed by atoms with Gasteiger partial charge in [0, 0.05) is 13.7 Å². The first-order valence-electron chi connectivity index (χ1n) is 9.93. The van der Waals surface area contributed by atoms with E-state index in [2.05, 4.69) is 29.2 Å². The number of likely N-dealkylation sites (tertiary alicyclic amines) is 1. The molecule has 2 nitrogen and oxygen atoms in total. The molecule has 0 N–H and O–H groups in total. The van der Waals surface area contributed by atoms with Gasteiger partial charge in [0.15, 0.2) is 11.6 Å². The minimum atomic E-state index is -0.811. The van der Waals surface area contributed by atoms with Crippen LogP contribution in [-0.2, 0) is 11.3 Å². The summed E-state index contributed by atoms with van der Waals surface area (Å²) in [6, 6.07) is 13.1. The Labute approximate surface area is 160 Å². The minimum Gasteiger partial charge on any atom is -0.376 e. The first-order chi connectivity index (χ1) is 13.1. The summed E-state index contributed by atoms with van der Waals surface area (Å²) in [5, 5.41) is 0. The number of hydrogen-bond donors (Lipinski definition) is 0.